The monoisotopic (exact) mass is 1560 g/mol. The lowest BCUT2D eigenvalue weighted by molar-refractivity contribution is 0.585. The SMILES string of the molecule is CCCCCCCCCC.CCCCCCCCCC.CCCCCCCCCC.CCCCCCCCCC.CCCCCCCCCC.CCCCCCCCCC.CCCCCCCCCC.CCCCCCCCCC.CCCCCCCCCC.CCCCCCCCCC.CCCCCCCCCC. The largest absolute Gasteiger partial charge is 0.0654 e. The average molecular weight is 1570 g/mol. The van der Waals surface area contributed by atoms with E-state index < -0.39 is 0 Å². The van der Waals surface area contributed by atoms with Crippen LogP contribution in [0.5, 0.6) is 0 Å². The molecule has 0 amide bonds. The van der Waals surface area contributed by atoms with E-state index in [0.29, 0.717) is 0 Å². The highest BCUT2D eigenvalue weighted by molar-refractivity contribution is 4.52. The third-order valence-electron chi connectivity index (χ3n) is 21.5. The van der Waals surface area contributed by atoms with Gasteiger partial charge < -0.3 is 0 Å². The Balaban J connectivity index is -0.000000109. The van der Waals surface area contributed by atoms with Gasteiger partial charge in [0.2, 0.25) is 0 Å². The Labute approximate surface area is 713 Å². The second-order valence-electron chi connectivity index (χ2n) is 34.3. The van der Waals surface area contributed by atoms with Gasteiger partial charge in [-0.05, 0) is 0 Å². The molecule has 0 aliphatic carbocycles. The summed E-state index contributed by atoms with van der Waals surface area (Å²) in [4.78, 5) is 0. The molecule has 0 aromatic rings. The van der Waals surface area contributed by atoms with Crippen LogP contribution in [0.3, 0.4) is 0 Å². The van der Waals surface area contributed by atoms with Crippen LogP contribution < -0.4 is 0 Å². The molecule has 0 rings (SSSR count). The van der Waals surface area contributed by atoms with E-state index in [0.717, 1.165) is 0 Å². The van der Waals surface area contributed by atoms with Crippen LogP contribution >= 0.6 is 0 Å². The molecule has 682 valence electrons. The van der Waals surface area contributed by atoms with Crippen molar-refractivity contribution >= 4 is 0 Å². The molecule has 0 bridgehead atoms. The van der Waals surface area contributed by atoms with Crippen molar-refractivity contribution < 1.29 is 0 Å². The Hall–Kier alpha value is 0. The molecule has 0 saturated heterocycles. The number of unbranched alkanes of at least 4 members (excludes halogenated alkanes) is 77. The van der Waals surface area contributed by atoms with Gasteiger partial charge in [-0.15, -0.1) is 0 Å². The Bertz CT molecular complexity index is 744. The summed E-state index contributed by atoms with van der Waals surface area (Å²) in [6.45, 7) is 49.9. The van der Waals surface area contributed by atoms with Gasteiger partial charge in [0.05, 0.1) is 0 Å². The van der Waals surface area contributed by atoms with E-state index in [9.17, 15) is 0 Å². The van der Waals surface area contributed by atoms with Gasteiger partial charge in [-0.2, -0.15) is 0 Å². The topological polar surface area (TPSA) is 0 Å². The summed E-state index contributed by atoms with van der Waals surface area (Å²) < 4.78 is 0. The predicted octanol–water partition coefficient (Wildman–Crippen LogP) is 45.6. The van der Waals surface area contributed by atoms with Gasteiger partial charge in [-0.25, -0.2) is 0 Å². The summed E-state index contributed by atoms with van der Waals surface area (Å²) in [6.07, 6.45) is 126. The first-order valence-electron chi connectivity index (χ1n) is 54.1. The minimum absolute atomic E-state index is 1.37. The fourth-order valence-corrected chi connectivity index (χ4v) is 13.3. The normalized spacial score (nSPS) is 10.2. The van der Waals surface area contributed by atoms with Gasteiger partial charge in [0.15, 0.2) is 0 Å². The zero-order valence-corrected chi connectivity index (χ0v) is 84.2. The Morgan fingerprint density at radius 2 is 0.0727 bits per heavy atom. The van der Waals surface area contributed by atoms with Gasteiger partial charge >= 0.3 is 0 Å². The molecule has 0 saturated carbocycles. The van der Waals surface area contributed by atoms with Gasteiger partial charge in [-0.3, -0.25) is 0 Å². The Morgan fingerprint density at radius 1 is 0.0455 bits per heavy atom. The van der Waals surface area contributed by atoms with Crippen LogP contribution in [0.25, 0.3) is 0 Å². The first-order chi connectivity index (χ1) is 54.1. The molecule has 0 heterocycles. The number of hydrogen-bond donors (Lipinski definition) is 0. The minimum Gasteiger partial charge on any atom is -0.0654 e. The first-order valence-corrected chi connectivity index (χ1v) is 54.1. The predicted molar refractivity (Wildman–Crippen MR) is 531 cm³/mol. The maximum absolute atomic E-state index is 2.27. The van der Waals surface area contributed by atoms with Crippen molar-refractivity contribution in [1.29, 1.82) is 0 Å². The molecule has 0 nitrogen and oxygen atoms in total. The molecule has 110 heavy (non-hydrogen) atoms. The Morgan fingerprint density at radius 3 is 0.100 bits per heavy atom. The fraction of sp³-hybridized carbons (Fsp3) is 1.00. The molecule has 0 aliphatic rings. The van der Waals surface area contributed by atoms with E-state index in [4.69, 9.17) is 0 Å². The van der Waals surface area contributed by atoms with Gasteiger partial charge in [0, 0.05) is 0 Å². The van der Waals surface area contributed by atoms with Crippen LogP contribution in [0.15, 0.2) is 0 Å². The molecule has 0 aromatic carbocycles. The van der Waals surface area contributed by atoms with Gasteiger partial charge in [0.25, 0.3) is 0 Å². The quantitative estimate of drug-likeness (QED) is 0.0533. The smallest absolute Gasteiger partial charge is 0.0533 e. The van der Waals surface area contributed by atoms with Crippen molar-refractivity contribution in [3.8, 4) is 0 Å². The maximum Gasteiger partial charge on any atom is -0.0533 e. The van der Waals surface area contributed by atoms with Crippen molar-refractivity contribution in [2.45, 2.75) is 717 Å². The van der Waals surface area contributed by atoms with Crippen molar-refractivity contribution in [3.63, 3.8) is 0 Å². The molecule has 0 aromatic heterocycles. The van der Waals surface area contributed by atoms with Crippen molar-refractivity contribution in [3.05, 3.63) is 0 Å². The lowest BCUT2D eigenvalue weighted by Crippen LogP contribution is -1.77. The summed E-state index contributed by atoms with van der Waals surface area (Å²) in [6, 6.07) is 0. The highest BCUT2D eigenvalue weighted by Gasteiger charge is 1.96. The third-order valence-corrected chi connectivity index (χ3v) is 21.5. The summed E-state index contributed by atoms with van der Waals surface area (Å²) in [5.74, 6) is 0. The van der Waals surface area contributed by atoms with E-state index in [1.54, 1.807) is 0 Å². The molecular weight excluding hydrogens is 1320 g/mol. The number of rotatable bonds is 77. The second kappa shape index (κ2) is 164. The molecule has 0 radical (unpaired) electrons. The van der Waals surface area contributed by atoms with Crippen LogP contribution in [-0.4, -0.2) is 0 Å². The molecule has 0 N–H and O–H groups in total. The van der Waals surface area contributed by atoms with Crippen LogP contribution in [0.2, 0.25) is 0 Å². The van der Waals surface area contributed by atoms with Crippen LogP contribution in [0.1, 0.15) is 717 Å². The van der Waals surface area contributed by atoms with Gasteiger partial charge in [0.1, 0.15) is 0 Å². The lowest BCUT2D eigenvalue weighted by Gasteiger charge is -1.97. The molecular formula is C110H242. The molecule has 0 atom stereocenters. The Kier molecular flexibility index (Phi) is 199. The third kappa shape index (κ3) is 209. The molecule has 0 aliphatic heterocycles. The molecule has 0 heteroatoms. The summed E-state index contributed by atoms with van der Waals surface area (Å²) in [5.41, 5.74) is 0. The van der Waals surface area contributed by atoms with Crippen LogP contribution in [0.4, 0.5) is 0 Å². The van der Waals surface area contributed by atoms with Crippen LogP contribution in [0, 0.1) is 0 Å². The van der Waals surface area contributed by atoms with E-state index in [1.807, 2.05) is 0 Å². The fourth-order valence-electron chi connectivity index (χ4n) is 13.3. The summed E-state index contributed by atoms with van der Waals surface area (Å²) >= 11 is 0. The zero-order chi connectivity index (χ0) is 84.2. The van der Waals surface area contributed by atoms with E-state index >= 15 is 0 Å². The van der Waals surface area contributed by atoms with Crippen molar-refractivity contribution in [2.24, 2.45) is 0 Å². The maximum atomic E-state index is 2.27. The average Bonchev–Trinajstić information content (AvgIpc) is 3.86. The highest BCUT2D eigenvalue weighted by Crippen LogP contribution is 2.16. The van der Waals surface area contributed by atoms with Crippen LogP contribution in [-0.2, 0) is 0 Å². The minimum atomic E-state index is 1.37. The number of hydrogen-bond acceptors (Lipinski definition) is 0. The van der Waals surface area contributed by atoms with Crippen molar-refractivity contribution in [1.82, 2.24) is 0 Å². The van der Waals surface area contributed by atoms with E-state index in [2.05, 4.69) is 152 Å². The summed E-state index contributed by atoms with van der Waals surface area (Å²) in [5, 5.41) is 0. The lowest BCUT2D eigenvalue weighted by atomic mass is 10.1. The highest BCUT2D eigenvalue weighted by atomic mass is 14.0. The zero-order valence-electron chi connectivity index (χ0n) is 84.2. The molecule has 0 unspecified atom stereocenters. The van der Waals surface area contributed by atoms with E-state index in [-0.39, 0.29) is 0 Å². The molecule has 0 spiro atoms. The molecule has 0 fully saturated rings. The van der Waals surface area contributed by atoms with E-state index in [1.165, 1.54) is 565 Å². The van der Waals surface area contributed by atoms with Gasteiger partial charge in [-0.1, -0.05) is 717 Å². The summed E-state index contributed by atoms with van der Waals surface area (Å²) in [7, 11) is 0. The first kappa shape index (κ1) is 133. The standard InChI is InChI=1S/11C10H22/c11*1-3-5-7-9-10-8-6-4-2/h11*3-10H2,1-2H3. The second-order valence-corrected chi connectivity index (χ2v) is 34.3. The van der Waals surface area contributed by atoms with Crippen molar-refractivity contribution in [2.75, 3.05) is 0 Å².